The van der Waals surface area contributed by atoms with Gasteiger partial charge in [-0.1, -0.05) is 30.3 Å². The number of aryl methyl sites for hydroxylation is 1. The predicted molar refractivity (Wildman–Crippen MR) is 90.2 cm³/mol. The van der Waals surface area contributed by atoms with Gasteiger partial charge in [-0.25, -0.2) is 0 Å². The summed E-state index contributed by atoms with van der Waals surface area (Å²) in [6.07, 6.45) is 0.843. The topological polar surface area (TPSA) is 35.2 Å². The lowest BCUT2D eigenvalue weighted by Gasteiger charge is -2.14. The summed E-state index contributed by atoms with van der Waals surface area (Å²) in [7, 11) is 1.70. The third-order valence-electron chi connectivity index (χ3n) is 3.86. The van der Waals surface area contributed by atoms with Crippen LogP contribution in [0.15, 0.2) is 47.8 Å². The van der Waals surface area contributed by atoms with Crippen molar-refractivity contribution in [2.45, 2.75) is 19.4 Å². The average Bonchev–Trinajstić information content (AvgIpc) is 2.91. The minimum atomic E-state index is -0.0162. The molecule has 0 amide bonds. The van der Waals surface area contributed by atoms with E-state index in [0.29, 0.717) is 0 Å². The number of ether oxygens (including phenoxy) is 1. The molecule has 108 valence electrons. The predicted octanol–water partition coefficient (Wildman–Crippen LogP) is 4.46. The Balaban J connectivity index is 1.87. The Labute approximate surface area is 129 Å². The van der Waals surface area contributed by atoms with Crippen LogP contribution in [0.25, 0.3) is 10.1 Å². The maximum atomic E-state index is 6.40. The van der Waals surface area contributed by atoms with Crippen LogP contribution in [0.1, 0.15) is 22.7 Å². The first-order valence-corrected chi connectivity index (χ1v) is 7.92. The smallest absolute Gasteiger partial charge is 0.122 e. The number of nitrogens with two attached hydrogens (primary N) is 1. The van der Waals surface area contributed by atoms with Gasteiger partial charge in [0.15, 0.2) is 0 Å². The molecule has 0 aliphatic carbocycles. The maximum absolute atomic E-state index is 6.40. The van der Waals surface area contributed by atoms with Crippen molar-refractivity contribution in [3.63, 3.8) is 0 Å². The summed E-state index contributed by atoms with van der Waals surface area (Å²) >= 11 is 1.78. The molecule has 0 spiro atoms. The first kappa shape index (κ1) is 14.1. The van der Waals surface area contributed by atoms with Crippen molar-refractivity contribution in [2.24, 2.45) is 5.73 Å². The van der Waals surface area contributed by atoms with E-state index in [9.17, 15) is 0 Å². The van der Waals surface area contributed by atoms with E-state index in [1.807, 2.05) is 6.92 Å². The number of hydrogen-bond donors (Lipinski definition) is 1. The summed E-state index contributed by atoms with van der Waals surface area (Å²) in [6, 6.07) is 14.7. The zero-order chi connectivity index (χ0) is 14.8. The zero-order valence-electron chi connectivity index (χ0n) is 12.3. The van der Waals surface area contributed by atoms with Gasteiger partial charge in [0.25, 0.3) is 0 Å². The van der Waals surface area contributed by atoms with Crippen LogP contribution >= 0.6 is 11.3 Å². The van der Waals surface area contributed by atoms with Gasteiger partial charge in [0.2, 0.25) is 0 Å². The molecule has 0 bridgehead atoms. The van der Waals surface area contributed by atoms with E-state index in [1.54, 1.807) is 18.4 Å². The number of rotatable bonds is 4. The second-order valence-corrected chi connectivity index (χ2v) is 6.21. The lowest BCUT2D eigenvalue weighted by molar-refractivity contribution is 0.410. The molecule has 2 aromatic carbocycles. The van der Waals surface area contributed by atoms with Crippen molar-refractivity contribution in [1.82, 2.24) is 0 Å². The molecule has 0 radical (unpaired) electrons. The van der Waals surface area contributed by atoms with Gasteiger partial charge in [0.05, 0.1) is 7.11 Å². The molecule has 1 aromatic heterocycles. The van der Waals surface area contributed by atoms with Gasteiger partial charge in [-0.2, -0.15) is 0 Å². The van der Waals surface area contributed by atoms with Crippen molar-refractivity contribution < 1.29 is 4.74 Å². The quantitative estimate of drug-likeness (QED) is 0.771. The second-order valence-electron chi connectivity index (χ2n) is 5.30. The van der Waals surface area contributed by atoms with E-state index in [1.165, 1.54) is 15.6 Å². The number of thiophene rings is 1. The minimum absolute atomic E-state index is 0.0162. The van der Waals surface area contributed by atoms with Crippen LogP contribution in [-0.2, 0) is 6.42 Å². The van der Waals surface area contributed by atoms with Crippen molar-refractivity contribution in [1.29, 1.82) is 0 Å². The molecule has 0 aliphatic rings. The summed E-state index contributed by atoms with van der Waals surface area (Å²) in [6.45, 7) is 2.04. The van der Waals surface area contributed by atoms with E-state index in [4.69, 9.17) is 10.5 Å². The molecule has 0 saturated heterocycles. The van der Waals surface area contributed by atoms with Gasteiger partial charge in [-0.3, -0.25) is 0 Å². The van der Waals surface area contributed by atoms with Crippen molar-refractivity contribution >= 4 is 21.4 Å². The van der Waals surface area contributed by atoms with E-state index in [-0.39, 0.29) is 6.04 Å². The van der Waals surface area contributed by atoms with Gasteiger partial charge < -0.3 is 10.5 Å². The Morgan fingerprint density at radius 1 is 1.19 bits per heavy atom. The summed E-state index contributed by atoms with van der Waals surface area (Å²) < 4.78 is 6.71. The van der Waals surface area contributed by atoms with Gasteiger partial charge in [-0.05, 0) is 52.9 Å². The van der Waals surface area contributed by atoms with E-state index in [2.05, 4.69) is 47.8 Å². The highest BCUT2D eigenvalue weighted by Crippen LogP contribution is 2.30. The average molecular weight is 297 g/mol. The zero-order valence-corrected chi connectivity index (χ0v) is 13.1. The van der Waals surface area contributed by atoms with E-state index >= 15 is 0 Å². The molecule has 1 heterocycles. The lowest BCUT2D eigenvalue weighted by atomic mass is 9.98. The second kappa shape index (κ2) is 5.88. The Morgan fingerprint density at radius 3 is 2.81 bits per heavy atom. The van der Waals surface area contributed by atoms with Crippen LogP contribution < -0.4 is 10.5 Å². The fourth-order valence-corrected chi connectivity index (χ4v) is 3.59. The third-order valence-corrected chi connectivity index (χ3v) is 4.87. The largest absolute Gasteiger partial charge is 0.496 e. The van der Waals surface area contributed by atoms with E-state index in [0.717, 1.165) is 23.3 Å². The molecule has 2 nitrogen and oxygen atoms in total. The summed E-state index contributed by atoms with van der Waals surface area (Å²) in [5.41, 5.74) is 9.97. The fraction of sp³-hybridized carbons (Fsp3) is 0.222. The first-order valence-electron chi connectivity index (χ1n) is 7.04. The van der Waals surface area contributed by atoms with Crippen molar-refractivity contribution in [3.8, 4) is 5.75 Å². The molecule has 3 rings (SSSR count). The molecule has 21 heavy (non-hydrogen) atoms. The van der Waals surface area contributed by atoms with Crippen LogP contribution in [0.2, 0.25) is 0 Å². The van der Waals surface area contributed by atoms with E-state index < -0.39 is 0 Å². The Morgan fingerprint density at radius 2 is 2.00 bits per heavy atom. The number of benzene rings is 2. The highest BCUT2D eigenvalue weighted by atomic mass is 32.1. The van der Waals surface area contributed by atoms with Crippen LogP contribution in [-0.4, -0.2) is 7.11 Å². The van der Waals surface area contributed by atoms with Crippen LogP contribution in [0.5, 0.6) is 5.75 Å². The van der Waals surface area contributed by atoms with Crippen LogP contribution in [0.3, 0.4) is 0 Å². The Kier molecular flexibility index (Phi) is 3.95. The number of fused-ring (bicyclic) bond motifs is 1. The Bertz CT molecular complexity index is 763. The molecule has 3 aromatic rings. The molecule has 2 N–H and O–H groups in total. The normalized spacial score (nSPS) is 12.5. The fourth-order valence-electron chi connectivity index (χ4n) is 2.61. The van der Waals surface area contributed by atoms with Crippen LogP contribution in [0, 0.1) is 6.92 Å². The molecule has 0 aliphatic heterocycles. The number of hydrogen-bond acceptors (Lipinski definition) is 3. The standard InChI is InChI=1S/C18H19NOS/c1-12-7-8-13(10-17(12)20-2)16(19)9-14-11-21-18-6-4-3-5-15(14)18/h3-8,10-11,16H,9,19H2,1-2H3. The first-order chi connectivity index (χ1) is 10.2. The molecule has 1 atom stereocenters. The highest BCUT2D eigenvalue weighted by molar-refractivity contribution is 7.17. The molecular weight excluding hydrogens is 278 g/mol. The SMILES string of the molecule is COc1cc(C(N)Cc2csc3ccccc23)ccc1C. The summed E-state index contributed by atoms with van der Waals surface area (Å²) in [5, 5.41) is 3.53. The number of methoxy groups -OCH3 is 1. The third kappa shape index (κ3) is 2.80. The minimum Gasteiger partial charge on any atom is -0.496 e. The van der Waals surface area contributed by atoms with Crippen molar-refractivity contribution in [2.75, 3.05) is 7.11 Å². The van der Waals surface area contributed by atoms with Crippen molar-refractivity contribution in [3.05, 3.63) is 64.5 Å². The lowest BCUT2D eigenvalue weighted by Crippen LogP contribution is -2.13. The monoisotopic (exact) mass is 297 g/mol. The highest BCUT2D eigenvalue weighted by Gasteiger charge is 2.12. The van der Waals surface area contributed by atoms with Gasteiger partial charge in [-0.15, -0.1) is 11.3 Å². The molecular formula is C18H19NOS. The van der Waals surface area contributed by atoms with Crippen LogP contribution in [0.4, 0.5) is 0 Å². The molecule has 0 saturated carbocycles. The Hall–Kier alpha value is -1.84. The molecule has 3 heteroatoms. The summed E-state index contributed by atoms with van der Waals surface area (Å²) in [4.78, 5) is 0. The van der Waals surface area contributed by atoms with Gasteiger partial charge in [0.1, 0.15) is 5.75 Å². The summed E-state index contributed by atoms with van der Waals surface area (Å²) in [5.74, 6) is 0.901. The molecule has 0 fully saturated rings. The molecule has 1 unspecified atom stereocenters. The van der Waals surface area contributed by atoms with Gasteiger partial charge in [0, 0.05) is 10.7 Å². The van der Waals surface area contributed by atoms with Gasteiger partial charge >= 0.3 is 0 Å². The maximum Gasteiger partial charge on any atom is 0.122 e.